The molecule has 1 fully saturated rings. The van der Waals surface area contributed by atoms with Gasteiger partial charge in [0.1, 0.15) is 11.5 Å². The van der Waals surface area contributed by atoms with E-state index in [1.807, 2.05) is 38.1 Å². The number of halogens is 1. The van der Waals surface area contributed by atoms with E-state index in [-0.39, 0.29) is 0 Å². The third-order valence-electron chi connectivity index (χ3n) is 5.41. The molecule has 0 bridgehead atoms. The van der Waals surface area contributed by atoms with Gasteiger partial charge in [-0.15, -0.1) is 0 Å². The second-order valence-electron chi connectivity index (χ2n) is 7.58. The van der Waals surface area contributed by atoms with Crippen LogP contribution in [0.15, 0.2) is 42.5 Å². The van der Waals surface area contributed by atoms with Crippen molar-refractivity contribution in [3.8, 4) is 11.5 Å². The minimum atomic E-state index is 0.690. The number of benzene rings is 2. The predicted molar refractivity (Wildman–Crippen MR) is 122 cm³/mol. The molecule has 0 atom stereocenters. The average molecular weight is 417 g/mol. The molecule has 2 aromatic carbocycles. The second kappa shape index (κ2) is 11.3. The molecule has 0 amide bonds. The van der Waals surface area contributed by atoms with Crippen LogP contribution in [0.5, 0.6) is 11.5 Å². The zero-order valence-electron chi connectivity index (χ0n) is 17.7. The number of anilines is 1. The molecule has 1 aliphatic rings. The van der Waals surface area contributed by atoms with E-state index < -0.39 is 0 Å². The molecule has 0 aliphatic carbocycles. The Morgan fingerprint density at radius 1 is 0.862 bits per heavy atom. The number of aryl methyl sites for hydroxylation is 1. The molecule has 2 aromatic rings. The van der Waals surface area contributed by atoms with Crippen molar-refractivity contribution in [3.63, 3.8) is 0 Å². The van der Waals surface area contributed by atoms with E-state index in [1.165, 1.54) is 25.1 Å². The molecule has 158 valence electrons. The highest BCUT2D eigenvalue weighted by Gasteiger charge is 2.17. The number of hydrogen-bond donors (Lipinski definition) is 0. The maximum Gasteiger partial charge on any atom is 0.119 e. The summed E-state index contributed by atoms with van der Waals surface area (Å²) >= 11 is 6.28. The van der Waals surface area contributed by atoms with E-state index in [1.54, 1.807) is 0 Å². The SMILES string of the molecule is CCOc1ccc(OCCCCCN2CCN(c3ccc(C)c(Cl)c3)CC2)cc1. The van der Waals surface area contributed by atoms with Crippen molar-refractivity contribution in [2.24, 2.45) is 0 Å². The standard InChI is InChI=1S/C24H33ClN2O2/c1-3-28-22-9-11-23(12-10-22)29-18-6-4-5-13-26-14-16-27(17-15-26)21-8-7-20(2)24(25)19-21/h7-12,19H,3-6,13-18H2,1-2H3. The summed E-state index contributed by atoms with van der Waals surface area (Å²) in [7, 11) is 0. The van der Waals surface area contributed by atoms with Crippen LogP contribution < -0.4 is 14.4 Å². The van der Waals surface area contributed by atoms with Gasteiger partial charge >= 0.3 is 0 Å². The lowest BCUT2D eigenvalue weighted by Crippen LogP contribution is -2.46. The summed E-state index contributed by atoms with van der Waals surface area (Å²) in [4.78, 5) is 5.01. The van der Waals surface area contributed by atoms with Gasteiger partial charge in [-0.25, -0.2) is 0 Å². The molecule has 5 heteroatoms. The van der Waals surface area contributed by atoms with Gasteiger partial charge in [-0.05, 0) is 81.6 Å². The Balaban J connectivity index is 1.26. The second-order valence-corrected chi connectivity index (χ2v) is 7.98. The van der Waals surface area contributed by atoms with Gasteiger partial charge < -0.3 is 14.4 Å². The minimum absolute atomic E-state index is 0.690. The molecule has 3 rings (SSSR count). The van der Waals surface area contributed by atoms with E-state index >= 15 is 0 Å². The molecule has 29 heavy (non-hydrogen) atoms. The van der Waals surface area contributed by atoms with Gasteiger partial charge in [0.05, 0.1) is 13.2 Å². The van der Waals surface area contributed by atoms with Crippen molar-refractivity contribution in [1.29, 1.82) is 0 Å². The molecule has 0 spiro atoms. The molecule has 1 saturated heterocycles. The first-order chi connectivity index (χ1) is 14.2. The number of nitrogens with zero attached hydrogens (tertiary/aromatic N) is 2. The van der Waals surface area contributed by atoms with Crippen LogP contribution in [-0.2, 0) is 0 Å². The Morgan fingerprint density at radius 3 is 2.21 bits per heavy atom. The molecule has 0 aromatic heterocycles. The number of hydrogen-bond acceptors (Lipinski definition) is 4. The molecular weight excluding hydrogens is 384 g/mol. The van der Waals surface area contributed by atoms with Crippen LogP contribution in [0.3, 0.4) is 0 Å². The summed E-state index contributed by atoms with van der Waals surface area (Å²) in [5.74, 6) is 1.81. The maximum atomic E-state index is 6.28. The highest BCUT2D eigenvalue weighted by Crippen LogP contribution is 2.24. The summed E-state index contributed by atoms with van der Waals surface area (Å²) in [6, 6.07) is 14.3. The van der Waals surface area contributed by atoms with Crippen LogP contribution in [0.4, 0.5) is 5.69 Å². The van der Waals surface area contributed by atoms with Gasteiger partial charge in [-0.2, -0.15) is 0 Å². The van der Waals surface area contributed by atoms with E-state index in [9.17, 15) is 0 Å². The lowest BCUT2D eigenvalue weighted by atomic mass is 10.2. The quantitative estimate of drug-likeness (QED) is 0.483. The summed E-state index contributed by atoms with van der Waals surface area (Å²) in [5.41, 5.74) is 2.38. The Morgan fingerprint density at radius 2 is 1.55 bits per heavy atom. The monoisotopic (exact) mass is 416 g/mol. The molecule has 1 aliphatic heterocycles. The topological polar surface area (TPSA) is 24.9 Å². The van der Waals surface area contributed by atoms with Crippen molar-refractivity contribution in [2.45, 2.75) is 33.1 Å². The lowest BCUT2D eigenvalue weighted by molar-refractivity contribution is 0.246. The van der Waals surface area contributed by atoms with Gasteiger partial charge in [-0.1, -0.05) is 17.7 Å². The molecule has 4 nitrogen and oxygen atoms in total. The first-order valence-corrected chi connectivity index (χ1v) is 11.1. The van der Waals surface area contributed by atoms with Crippen LogP contribution in [0.2, 0.25) is 5.02 Å². The third kappa shape index (κ3) is 6.83. The summed E-state index contributed by atoms with van der Waals surface area (Å²) in [6.07, 6.45) is 3.52. The first-order valence-electron chi connectivity index (χ1n) is 10.7. The minimum Gasteiger partial charge on any atom is -0.494 e. The van der Waals surface area contributed by atoms with Crippen molar-refractivity contribution in [3.05, 3.63) is 53.1 Å². The van der Waals surface area contributed by atoms with Crippen molar-refractivity contribution in [1.82, 2.24) is 4.90 Å². The van der Waals surface area contributed by atoms with Crippen LogP contribution in [0.25, 0.3) is 0 Å². The normalized spacial score (nSPS) is 14.8. The van der Waals surface area contributed by atoms with Gasteiger partial charge in [0.15, 0.2) is 0 Å². The van der Waals surface area contributed by atoms with Crippen molar-refractivity contribution < 1.29 is 9.47 Å². The number of rotatable bonds is 10. The van der Waals surface area contributed by atoms with Gasteiger partial charge in [0.2, 0.25) is 0 Å². The fraction of sp³-hybridized carbons (Fsp3) is 0.500. The van der Waals surface area contributed by atoms with Gasteiger partial charge in [-0.3, -0.25) is 4.90 Å². The zero-order chi connectivity index (χ0) is 20.5. The fourth-order valence-corrected chi connectivity index (χ4v) is 3.79. The summed E-state index contributed by atoms with van der Waals surface area (Å²) in [5, 5.41) is 0.859. The van der Waals surface area contributed by atoms with Crippen LogP contribution in [-0.4, -0.2) is 50.8 Å². The Kier molecular flexibility index (Phi) is 8.51. The van der Waals surface area contributed by atoms with Crippen molar-refractivity contribution in [2.75, 3.05) is 50.8 Å². The third-order valence-corrected chi connectivity index (χ3v) is 5.82. The molecule has 0 unspecified atom stereocenters. The Bertz CT molecular complexity index is 743. The maximum absolute atomic E-state index is 6.28. The zero-order valence-corrected chi connectivity index (χ0v) is 18.5. The van der Waals surface area contributed by atoms with Gasteiger partial charge in [0.25, 0.3) is 0 Å². The Labute approximate surface area is 180 Å². The first kappa shape index (κ1) is 21.8. The molecule has 0 saturated carbocycles. The van der Waals surface area contributed by atoms with Crippen LogP contribution in [0, 0.1) is 6.92 Å². The smallest absolute Gasteiger partial charge is 0.119 e. The largest absolute Gasteiger partial charge is 0.494 e. The number of unbranched alkanes of at least 4 members (excludes halogenated alkanes) is 2. The molecule has 0 N–H and O–H groups in total. The van der Waals surface area contributed by atoms with E-state index in [0.717, 1.165) is 61.3 Å². The van der Waals surface area contributed by atoms with E-state index in [4.69, 9.17) is 21.1 Å². The van der Waals surface area contributed by atoms with Gasteiger partial charge in [0, 0.05) is 36.9 Å². The summed E-state index contributed by atoms with van der Waals surface area (Å²) < 4.78 is 11.3. The molecular formula is C24H33ClN2O2. The number of piperazine rings is 1. The highest BCUT2D eigenvalue weighted by molar-refractivity contribution is 6.31. The highest BCUT2D eigenvalue weighted by atomic mass is 35.5. The fourth-order valence-electron chi connectivity index (χ4n) is 3.61. The average Bonchev–Trinajstić information content (AvgIpc) is 2.74. The molecule has 0 radical (unpaired) electrons. The molecule has 1 heterocycles. The Hall–Kier alpha value is -1.91. The summed E-state index contributed by atoms with van der Waals surface area (Å²) in [6.45, 7) is 11.1. The van der Waals surface area contributed by atoms with E-state index in [0.29, 0.717) is 6.61 Å². The van der Waals surface area contributed by atoms with E-state index in [2.05, 4.69) is 28.0 Å². The number of ether oxygens (including phenoxy) is 2. The van der Waals surface area contributed by atoms with Crippen molar-refractivity contribution >= 4 is 17.3 Å². The lowest BCUT2D eigenvalue weighted by Gasteiger charge is -2.36. The van der Waals surface area contributed by atoms with Crippen LogP contribution >= 0.6 is 11.6 Å². The predicted octanol–water partition coefficient (Wildman–Crippen LogP) is 5.42. The van der Waals surface area contributed by atoms with Crippen LogP contribution in [0.1, 0.15) is 31.7 Å².